The first-order chi connectivity index (χ1) is 13.3. The lowest BCUT2D eigenvalue weighted by molar-refractivity contribution is 1.42. The molecular formula is C24H14N2O. The van der Waals surface area contributed by atoms with Crippen LogP contribution in [0.4, 0.5) is 0 Å². The molecule has 0 bridgehead atoms. The Labute approximate surface area is 153 Å². The molecular weight excluding hydrogens is 332 g/mol. The van der Waals surface area contributed by atoms with Crippen LogP contribution in [0.15, 0.2) is 83.7 Å². The van der Waals surface area contributed by atoms with Crippen LogP contribution in [0, 0.1) is 0 Å². The third-order valence-electron chi connectivity index (χ3n) is 5.36. The van der Waals surface area contributed by atoms with Gasteiger partial charge in [-0.25, -0.2) is 4.98 Å². The summed E-state index contributed by atoms with van der Waals surface area (Å²) >= 11 is 0. The highest BCUT2D eigenvalue weighted by atomic mass is 16.1. The minimum Gasteiger partial charge on any atom is -0.351 e. The fraction of sp³-hybridized carbons (Fsp3) is 0. The fourth-order valence-electron chi connectivity index (χ4n) is 4.17. The molecule has 0 aliphatic carbocycles. The topological polar surface area (TPSA) is 45.8 Å². The Bertz CT molecular complexity index is 1600. The van der Waals surface area contributed by atoms with Crippen molar-refractivity contribution in [2.24, 2.45) is 0 Å². The van der Waals surface area contributed by atoms with Crippen LogP contribution < -0.4 is 5.43 Å². The van der Waals surface area contributed by atoms with Gasteiger partial charge in [-0.3, -0.25) is 4.79 Å². The zero-order valence-corrected chi connectivity index (χ0v) is 14.4. The molecule has 0 fully saturated rings. The van der Waals surface area contributed by atoms with Gasteiger partial charge in [-0.2, -0.15) is 0 Å². The minimum atomic E-state index is 0.0522. The van der Waals surface area contributed by atoms with E-state index in [1.807, 2.05) is 60.7 Å². The summed E-state index contributed by atoms with van der Waals surface area (Å²) in [6.07, 6.45) is 0. The van der Waals surface area contributed by atoms with E-state index in [1.165, 1.54) is 0 Å². The summed E-state index contributed by atoms with van der Waals surface area (Å²) in [6, 6.07) is 25.8. The molecule has 126 valence electrons. The quantitative estimate of drug-likeness (QED) is 0.290. The van der Waals surface area contributed by atoms with Crippen LogP contribution in [0.2, 0.25) is 0 Å². The number of aromatic nitrogens is 2. The number of benzene rings is 5. The molecule has 1 heterocycles. The molecule has 6 aromatic rings. The maximum atomic E-state index is 12.8. The third kappa shape index (κ3) is 1.91. The van der Waals surface area contributed by atoms with Crippen LogP contribution in [0.25, 0.3) is 54.4 Å². The molecule has 1 aromatic heterocycles. The molecule has 1 N–H and O–H groups in total. The van der Waals surface area contributed by atoms with Gasteiger partial charge in [0.15, 0.2) is 5.43 Å². The highest BCUT2D eigenvalue weighted by Crippen LogP contribution is 2.36. The van der Waals surface area contributed by atoms with Gasteiger partial charge in [-0.05, 0) is 34.4 Å². The lowest BCUT2D eigenvalue weighted by atomic mass is 9.95. The van der Waals surface area contributed by atoms with E-state index in [0.29, 0.717) is 0 Å². The molecule has 0 spiro atoms. The van der Waals surface area contributed by atoms with Crippen molar-refractivity contribution in [2.45, 2.75) is 0 Å². The number of rotatable bonds is 0. The molecule has 0 saturated heterocycles. The van der Waals surface area contributed by atoms with Crippen molar-refractivity contribution in [3.8, 4) is 0 Å². The van der Waals surface area contributed by atoms with Crippen LogP contribution >= 0.6 is 0 Å². The van der Waals surface area contributed by atoms with Crippen LogP contribution in [-0.2, 0) is 0 Å². The first kappa shape index (κ1) is 14.4. The van der Waals surface area contributed by atoms with Crippen molar-refractivity contribution in [3.05, 3.63) is 89.1 Å². The first-order valence-corrected chi connectivity index (χ1v) is 8.96. The van der Waals surface area contributed by atoms with Gasteiger partial charge in [0.1, 0.15) is 0 Å². The molecule has 0 aliphatic heterocycles. The summed E-state index contributed by atoms with van der Waals surface area (Å²) in [6.45, 7) is 0. The second-order valence-corrected chi connectivity index (χ2v) is 6.87. The summed E-state index contributed by atoms with van der Waals surface area (Å²) in [4.78, 5) is 21.3. The Balaban J connectivity index is 2.05. The third-order valence-corrected chi connectivity index (χ3v) is 5.36. The van der Waals surface area contributed by atoms with E-state index < -0.39 is 0 Å². The van der Waals surface area contributed by atoms with E-state index in [-0.39, 0.29) is 5.43 Å². The molecule has 0 unspecified atom stereocenters. The molecule has 0 atom stereocenters. The molecule has 0 aliphatic rings. The van der Waals surface area contributed by atoms with Crippen molar-refractivity contribution in [1.82, 2.24) is 9.97 Å². The zero-order valence-electron chi connectivity index (χ0n) is 14.4. The van der Waals surface area contributed by atoms with Crippen LogP contribution in [0.3, 0.4) is 0 Å². The van der Waals surface area contributed by atoms with Gasteiger partial charge in [-0.15, -0.1) is 0 Å². The van der Waals surface area contributed by atoms with E-state index >= 15 is 0 Å². The van der Waals surface area contributed by atoms with Crippen LogP contribution in [-0.4, -0.2) is 9.97 Å². The lowest BCUT2D eigenvalue weighted by Gasteiger charge is -2.13. The number of fused-ring (bicyclic) bond motifs is 9. The van der Waals surface area contributed by atoms with E-state index in [2.05, 4.69) is 17.1 Å². The standard InChI is InChI=1S/C24H14N2O/c27-21-13-18-14-7-1-4-10-17(14)23-24(22(18)16-9-3-2-8-15(16)21)26-20-12-6-5-11-19(20)25-23/h1-13,26H. The summed E-state index contributed by atoms with van der Waals surface area (Å²) in [5.41, 5.74) is 3.87. The zero-order chi connectivity index (χ0) is 18.0. The maximum absolute atomic E-state index is 12.8. The van der Waals surface area contributed by atoms with Crippen molar-refractivity contribution in [1.29, 1.82) is 0 Å². The van der Waals surface area contributed by atoms with Crippen molar-refractivity contribution >= 4 is 54.4 Å². The number of nitrogens with zero attached hydrogens (tertiary/aromatic N) is 1. The fourth-order valence-corrected chi connectivity index (χ4v) is 4.17. The Kier molecular flexibility index (Phi) is 2.75. The van der Waals surface area contributed by atoms with Gasteiger partial charge in [0.2, 0.25) is 0 Å². The predicted octanol–water partition coefficient (Wildman–Crippen LogP) is 5.54. The van der Waals surface area contributed by atoms with Crippen LogP contribution in [0.5, 0.6) is 0 Å². The first-order valence-electron chi connectivity index (χ1n) is 8.96. The van der Waals surface area contributed by atoms with Crippen LogP contribution in [0.1, 0.15) is 0 Å². The Hall–Kier alpha value is -3.72. The number of aromatic amines is 1. The summed E-state index contributed by atoms with van der Waals surface area (Å²) in [5, 5.41) is 5.83. The summed E-state index contributed by atoms with van der Waals surface area (Å²) < 4.78 is 0. The van der Waals surface area contributed by atoms with Crippen molar-refractivity contribution in [2.75, 3.05) is 0 Å². The Morgan fingerprint density at radius 2 is 1.33 bits per heavy atom. The maximum Gasteiger partial charge on any atom is 0.187 e. The van der Waals surface area contributed by atoms with Gasteiger partial charge in [0, 0.05) is 16.2 Å². The van der Waals surface area contributed by atoms with Crippen molar-refractivity contribution < 1.29 is 0 Å². The van der Waals surface area contributed by atoms with Gasteiger partial charge >= 0.3 is 0 Å². The van der Waals surface area contributed by atoms with Gasteiger partial charge in [0.05, 0.1) is 22.1 Å². The monoisotopic (exact) mass is 346 g/mol. The molecule has 0 saturated carbocycles. The predicted molar refractivity (Wildman–Crippen MR) is 112 cm³/mol. The molecule has 3 heteroatoms. The Morgan fingerprint density at radius 3 is 2.19 bits per heavy atom. The average Bonchev–Trinajstić information content (AvgIpc) is 2.73. The average molecular weight is 346 g/mol. The molecule has 6 rings (SSSR count). The molecule has 0 amide bonds. The van der Waals surface area contributed by atoms with Crippen molar-refractivity contribution in [3.63, 3.8) is 0 Å². The van der Waals surface area contributed by atoms with E-state index in [4.69, 9.17) is 4.98 Å². The number of hydrogen-bond acceptors (Lipinski definition) is 2. The normalized spacial score (nSPS) is 11.9. The molecule has 0 radical (unpaired) electrons. The van der Waals surface area contributed by atoms with E-state index in [9.17, 15) is 4.79 Å². The van der Waals surface area contributed by atoms with Gasteiger partial charge < -0.3 is 4.98 Å². The number of hydrogen-bond donors (Lipinski definition) is 1. The summed E-state index contributed by atoms with van der Waals surface area (Å²) in [5.74, 6) is 0. The molecule has 27 heavy (non-hydrogen) atoms. The van der Waals surface area contributed by atoms with E-state index in [0.717, 1.165) is 54.4 Å². The minimum absolute atomic E-state index is 0.0522. The number of para-hydroxylation sites is 2. The molecule has 5 aromatic carbocycles. The Morgan fingerprint density at radius 1 is 0.667 bits per heavy atom. The SMILES string of the molecule is O=c1cc2c3ccccc3c3nc4ccccc4[nH]c3c2c2ccccc12. The molecule has 3 nitrogen and oxygen atoms in total. The second kappa shape index (κ2) is 5.15. The number of nitrogens with one attached hydrogen (secondary N) is 1. The smallest absolute Gasteiger partial charge is 0.187 e. The van der Waals surface area contributed by atoms with Gasteiger partial charge in [-0.1, -0.05) is 60.7 Å². The second-order valence-electron chi connectivity index (χ2n) is 6.87. The van der Waals surface area contributed by atoms with E-state index in [1.54, 1.807) is 6.07 Å². The highest BCUT2D eigenvalue weighted by molar-refractivity contribution is 6.30. The van der Waals surface area contributed by atoms with Gasteiger partial charge in [0.25, 0.3) is 0 Å². The lowest BCUT2D eigenvalue weighted by Crippen LogP contribution is -2.01. The highest BCUT2D eigenvalue weighted by Gasteiger charge is 2.14. The number of H-pyrrole nitrogens is 1. The largest absolute Gasteiger partial charge is 0.351 e. The summed E-state index contributed by atoms with van der Waals surface area (Å²) in [7, 11) is 0.